The molecule has 4 aromatic rings. The smallest absolute Gasteiger partial charge is 0.111 e. The Morgan fingerprint density at radius 1 is 0.467 bits per heavy atom. The predicted octanol–water partition coefficient (Wildman–Crippen LogP) is 7.79. The van der Waals surface area contributed by atoms with Gasteiger partial charge >= 0.3 is 0 Å². The van der Waals surface area contributed by atoms with E-state index in [2.05, 4.69) is 138 Å². The first kappa shape index (κ1) is 19.8. The number of para-hydroxylation sites is 4. The lowest BCUT2D eigenvalue weighted by Crippen LogP contribution is -2.44. The number of anilines is 4. The summed E-state index contributed by atoms with van der Waals surface area (Å²) < 4.78 is 0. The summed E-state index contributed by atoms with van der Waals surface area (Å²) in [5.41, 5.74) is 4.77. The van der Waals surface area contributed by atoms with Gasteiger partial charge in [-0.3, -0.25) is 0 Å². The van der Waals surface area contributed by atoms with Crippen molar-refractivity contribution >= 4 is 22.7 Å². The monoisotopic (exact) mass is 392 g/mol. The maximum atomic E-state index is 2.46. The van der Waals surface area contributed by atoms with Gasteiger partial charge in [-0.2, -0.15) is 0 Å². The predicted molar refractivity (Wildman–Crippen MR) is 129 cm³/mol. The largest absolute Gasteiger partial charge is 0.320 e. The second-order valence-corrected chi connectivity index (χ2v) is 7.35. The molecule has 0 aliphatic carbocycles. The van der Waals surface area contributed by atoms with Crippen molar-refractivity contribution in [2.24, 2.45) is 0 Å². The van der Waals surface area contributed by atoms with Crippen LogP contribution in [0, 0.1) is 0 Å². The molecule has 0 aliphatic rings. The lowest BCUT2D eigenvalue weighted by Gasteiger charge is -2.42. The minimum Gasteiger partial charge on any atom is -0.320 e. The van der Waals surface area contributed by atoms with Crippen LogP contribution < -0.4 is 9.80 Å². The quantitative estimate of drug-likeness (QED) is 0.282. The van der Waals surface area contributed by atoms with Crippen LogP contribution in [-0.2, 0) is 0 Å². The summed E-state index contributed by atoms with van der Waals surface area (Å²) in [6.07, 6.45) is 2.23. The van der Waals surface area contributed by atoms with Crippen LogP contribution in [0.25, 0.3) is 0 Å². The first-order valence-electron chi connectivity index (χ1n) is 10.7. The number of rotatable bonds is 8. The van der Waals surface area contributed by atoms with Crippen molar-refractivity contribution in [1.29, 1.82) is 0 Å². The Balaban J connectivity index is 1.89. The molecule has 4 aromatic carbocycles. The fourth-order valence-electron chi connectivity index (χ4n) is 3.97. The third-order valence-electron chi connectivity index (χ3n) is 5.28. The van der Waals surface area contributed by atoms with Crippen LogP contribution in [0.1, 0.15) is 19.8 Å². The maximum Gasteiger partial charge on any atom is 0.111 e. The van der Waals surface area contributed by atoms with Gasteiger partial charge in [-0.05, 0) is 55.0 Å². The molecule has 0 saturated carbocycles. The molecule has 0 N–H and O–H groups in total. The molecule has 2 nitrogen and oxygen atoms in total. The summed E-state index contributed by atoms with van der Waals surface area (Å²) in [6.45, 7) is 2.26. The molecule has 2 heteroatoms. The van der Waals surface area contributed by atoms with E-state index in [0.717, 1.165) is 12.8 Å². The Kier molecular flexibility index (Phi) is 6.46. The summed E-state index contributed by atoms with van der Waals surface area (Å²) in [5, 5.41) is 0. The molecule has 0 radical (unpaired) electrons. The normalized spacial score (nSPS) is 10.7. The molecule has 0 aliphatic heterocycles. The molecule has 0 unspecified atom stereocenters. The Labute approximate surface area is 180 Å². The summed E-state index contributed by atoms with van der Waals surface area (Å²) in [5.74, 6) is 0. The second kappa shape index (κ2) is 9.80. The van der Waals surface area contributed by atoms with Gasteiger partial charge in [-0.15, -0.1) is 0 Å². The topological polar surface area (TPSA) is 6.48 Å². The first-order valence-corrected chi connectivity index (χ1v) is 10.7. The average molecular weight is 393 g/mol. The molecule has 0 spiro atoms. The van der Waals surface area contributed by atoms with Crippen molar-refractivity contribution in [2.75, 3.05) is 9.80 Å². The van der Waals surface area contributed by atoms with Gasteiger partial charge in [0.25, 0.3) is 0 Å². The van der Waals surface area contributed by atoms with Crippen molar-refractivity contribution in [2.45, 2.75) is 25.9 Å². The van der Waals surface area contributed by atoms with E-state index in [4.69, 9.17) is 0 Å². The van der Waals surface area contributed by atoms with Crippen LogP contribution in [0.4, 0.5) is 22.7 Å². The van der Waals surface area contributed by atoms with Gasteiger partial charge in [0.15, 0.2) is 0 Å². The molecular weight excluding hydrogens is 364 g/mol. The minimum atomic E-state index is 0.129. The standard InChI is InChI=1S/C28H28N2/c1-2-15-28(29(24-16-7-3-8-17-24)25-18-9-4-10-19-25)30(26-20-11-5-12-21-26)27-22-13-6-14-23-27/h3-14,16-23,28H,2,15H2,1H3. The molecule has 0 saturated heterocycles. The fourth-order valence-corrected chi connectivity index (χ4v) is 3.97. The highest BCUT2D eigenvalue weighted by Gasteiger charge is 2.28. The number of benzene rings is 4. The highest BCUT2D eigenvalue weighted by Crippen LogP contribution is 2.37. The average Bonchev–Trinajstić information content (AvgIpc) is 2.82. The fraction of sp³-hybridized carbons (Fsp3) is 0.143. The third-order valence-corrected chi connectivity index (χ3v) is 5.28. The van der Waals surface area contributed by atoms with Gasteiger partial charge in [-0.25, -0.2) is 0 Å². The van der Waals surface area contributed by atoms with E-state index >= 15 is 0 Å². The minimum absolute atomic E-state index is 0.129. The highest BCUT2D eigenvalue weighted by atomic mass is 15.4. The van der Waals surface area contributed by atoms with Crippen molar-refractivity contribution in [3.63, 3.8) is 0 Å². The van der Waals surface area contributed by atoms with Gasteiger partial charge in [0.2, 0.25) is 0 Å². The van der Waals surface area contributed by atoms with Gasteiger partial charge in [-0.1, -0.05) is 86.1 Å². The molecule has 150 valence electrons. The van der Waals surface area contributed by atoms with Crippen LogP contribution in [0.15, 0.2) is 121 Å². The van der Waals surface area contributed by atoms with Crippen LogP contribution in [0.3, 0.4) is 0 Å². The molecule has 30 heavy (non-hydrogen) atoms. The van der Waals surface area contributed by atoms with Crippen LogP contribution in [0.5, 0.6) is 0 Å². The lowest BCUT2D eigenvalue weighted by atomic mass is 10.1. The Morgan fingerprint density at radius 2 is 0.733 bits per heavy atom. The molecule has 0 fully saturated rings. The molecule has 0 bridgehead atoms. The Morgan fingerprint density at radius 3 is 0.967 bits per heavy atom. The van der Waals surface area contributed by atoms with Crippen molar-refractivity contribution in [3.05, 3.63) is 121 Å². The number of nitrogens with zero attached hydrogens (tertiary/aromatic N) is 2. The van der Waals surface area contributed by atoms with Crippen molar-refractivity contribution in [1.82, 2.24) is 0 Å². The maximum absolute atomic E-state index is 2.46. The van der Waals surface area contributed by atoms with E-state index in [-0.39, 0.29) is 6.17 Å². The van der Waals surface area contributed by atoms with E-state index < -0.39 is 0 Å². The SMILES string of the molecule is CCCC(N(c1ccccc1)c1ccccc1)N(c1ccccc1)c1ccccc1. The van der Waals surface area contributed by atoms with Gasteiger partial charge in [0.05, 0.1) is 0 Å². The molecule has 0 atom stereocenters. The van der Waals surface area contributed by atoms with E-state index in [1.54, 1.807) is 0 Å². The second-order valence-electron chi connectivity index (χ2n) is 7.35. The zero-order valence-corrected chi connectivity index (χ0v) is 17.4. The summed E-state index contributed by atoms with van der Waals surface area (Å²) in [6, 6.07) is 42.8. The van der Waals surface area contributed by atoms with Crippen LogP contribution >= 0.6 is 0 Å². The molecule has 0 aromatic heterocycles. The Hall–Kier alpha value is -3.52. The van der Waals surface area contributed by atoms with E-state index in [9.17, 15) is 0 Å². The van der Waals surface area contributed by atoms with E-state index in [0.29, 0.717) is 0 Å². The van der Waals surface area contributed by atoms with Crippen LogP contribution in [-0.4, -0.2) is 6.17 Å². The number of hydrogen-bond donors (Lipinski definition) is 0. The van der Waals surface area contributed by atoms with E-state index in [1.165, 1.54) is 22.7 Å². The van der Waals surface area contributed by atoms with Gasteiger partial charge in [0, 0.05) is 22.7 Å². The number of hydrogen-bond acceptors (Lipinski definition) is 2. The molecule has 4 rings (SSSR count). The van der Waals surface area contributed by atoms with Crippen LogP contribution in [0.2, 0.25) is 0 Å². The summed E-state index contributed by atoms with van der Waals surface area (Å²) in [7, 11) is 0. The van der Waals surface area contributed by atoms with Gasteiger partial charge < -0.3 is 9.80 Å². The first-order chi connectivity index (χ1) is 14.9. The molecular formula is C28H28N2. The zero-order chi connectivity index (χ0) is 20.6. The summed E-state index contributed by atoms with van der Waals surface area (Å²) >= 11 is 0. The van der Waals surface area contributed by atoms with Gasteiger partial charge in [0.1, 0.15) is 6.17 Å². The zero-order valence-electron chi connectivity index (χ0n) is 17.4. The lowest BCUT2D eigenvalue weighted by molar-refractivity contribution is 0.595. The van der Waals surface area contributed by atoms with Crippen molar-refractivity contribution < 1.29 is 0 Å². The molecule has 0 heterocycles. The summed E-state index contributed by atoms with van der Waals surface area (Å²) in [4.78, 5) is 4.92. The van der Waals surface area contributed by atoms with E-state index in [1.807, 2.05) is 0 Å². The third kappa shape index (κ3) is 4.38. The Bertz CT molecular complexity index is 839. The highest BCUT2D eigenvalue weighted by molar-refractivity contribution is 5.71. The van der Waals surface area contributed by atoms with Crippen molar-refractivity contribution in [3.8, 4) is 0 Å². The molecule has 0 amide bonds.